The molecule has 2 N–H and O–H groups in total. The molecular weight excluding hydrogens is 263 g/mol. The Balaban J connectivity index is 2.09. The molecule has 104 valence electrons. The van der Waals surface area contributed by atoms with Crippen LogP contribution in [0.25, 0.3) is 0 Å². The lowest BCUT2D eigenvalue weighted by molar-refractivity contribution is -0.141. The first kappa shape index (κ1) is 13.4. The van der Waals surface area contributed by atoms with E-state index in [1.54, 1.807) is 4.90 Å². The number of rotatable bonds is 2. The zero-order chi connectivity index (χ0) is 14.0. The predicted molar refractivity (Wildman–Crippen MR) is 60.5 cm³/mol. The molecule has 0 spiro atoms. The van der Waals surface area contributed by atoms with Crippen molar-refractivity contribution in [3.63, 3.8) is 0 Å². The molecule has 0 bridgehead atoms. The van der Waals surface area contributed by atoms with Crippen molar-refractivity contribution in [3.05, 3.63) is 24.0 Å². The van der Waals surface area contributed by atoms with Crippen LogP contribution in [0.4, 0.5) is 23.7 Å². The Labute approximate surface area is 107 Å². The Bertz CT molecular complexity index is 478. The van der Waals surface area contributed by atoms with E-state index in [2.05, 4.69) is 4.98 Å². The number of amides is 1. The fourth-order valence-electron chi connectivity index (χ4n) is 1.99. The summed E-state index contributed by atoms with van der Waals surface area (Å²) in [4.78, 5) is 15.6. The van der Waals surface area contributed by atoms with Gasteiger partial charge in [0.2, 0.25) is 0 Å². The molecular formula is C11H12F3N3O2. The molecule has 1 amide bonds. The maximum atomic E-state index is 12.5. The number of nitrogens with zero attached hydrogens (tertiary/aromatic N) is 2. The lowest BCUT2D eigenvalue weighted by Gasteiger charge is -2.19. The standard InChI is InChI=1S/C11H12F3N3O2/c12-11(13,14)9-5-7(1-3-16-9)17-4-2-8(6-17)19-10(15)18/h1,3,5,8H,2,4,6H2,(H2,15,18)/t8-/m1/s1. The molecule has 8 heteroatoms. The largest absolute Gasteiger partial charge is 0.444 e. The summed E-state index contributed by atoms with van der Waals surface area (Å²) < 4.78 is 42.4. The molecule has 0 radical (unpaired) electrons. The van der Waals surface area contributed by atoms with Crippen LogP contribution in [0, 0.1) is 0 Å². The minimum atomic E-state index is -4.47. The smallest absolute Gasteiger partial charge is 0.433 e. The molecule has 1 fully saturated rings. The Kier molecular flexibility index (Phi) is 3.50. The lowest BCUT2D eigenvalue weighted by Crippen LogP contribution is -2.27. The van der Waals surface area contributed by atoms with Gasteiger partial charge >= 0.3 is 12.3 Å². The number of carbonyl (C=O) groups is 1. The van der Waals surface area contributed by atoms with Gasteiger partial charge in [-0.1, -0.05) is 0 Å². The number of pyridine rings is 1. The van der Waals surface area contributed by atoms with Gasteiger partial charge in [0.05, 0.1) is 6.54 Å². The molecule has 5 nitrogen and oxygen atoms in total. The number of anilines is 1. The first-order valence-electron chi connectivity index (χ1n) is 5.60. The first-order chi connectivity index (χ1) is 8.86. The highest BCUT2D eigenvalue weighted by atomic mass is 19.4. The topological polar surface area (TPSA) is 68.5 Å². The Morgan fingerprint density at radius 3 is 2.89 bits per heavy atom. The summed E-state index contributed by atoms with van der Waals surface area (Å²) in [6.45, 7) is 0.823. The van der Waals surface area contributed by atoms with Crippen molar-refractivity contribution < 1.29 is 22.7 Å². The first-order valence-corrected chi connectivity index (χ1v) is 5.60. The molecule has 0 saturated carbocycles. The molecule has 0 unspecified atom stereocenters. The molecule has 1 aromatic heterocycles. The fourth-order valence-corrected chi connectivity index (χ4v) is 1.99. The van der Waals surface area contributed by atoms with Gasteiger partial charge in [-0.3, -0.25) is 4.98 Å². The zero-order valence-corrected chi connectivity index (χ0v) is 9.85. The van der Waals surface area contributed by atoms with Gasteiger partial charge in [-0.2, -0.15) is 13.2 Å². The van der Waals surface area contributed by atoms with E-state index in [4.69, 9.17) is 10.5 Å². The maximum absolute atomic E-state index is 12.5. The summed E-state index contributed by atoms with van der Waals surface area (Å²) in [7, 11) is 0. The molecule has 2 rings (SSSR count). The molecule has 19 heavy (non-hydrogen) atoms. The van der Waals surface area contributed by atoms with Crippen molar-refractivity contribution >= 4 is 11.8 Å². The van der Waals surface area contributed by atoms with Crippen LogP contribution in [0.1, 0.15) is 12.1 Å². The molecule has 1 aliphatic rings. The molecule has 2 heterocycles. The highest BCUT2D eigenvalue weighted by Crippen LogP contribution is 2.31. The molecule has 1 aromatic rings. The summed E-state index contributed by atoms with van der Waals surface area (Å²) in [5, 5.41) is 0. The number of aromatic nitrogens is 1. The van der Waals surface area contributed by atoms with Gasteiger partial charge in [-0.15, -0.1) is 0 Å². The number of alkyl halides is 3. The minimum absolute atomic E-state index is 0.324. The van der Waals surface area contributed by atoms with Crippen molar-refractivity contribution in [1.82, 2.24) is 4.98 Å². The quantitative estimate of drug-likeness (QED) is 0.893. The average molecular weight is 275 g/mol. The predicted octanol–water partition coefficient (Wildman–Crippen LogP) is 1.77. The summed E-state index contributed by atoms with van der Waals surface area (Å²) in [6, 6.07) is 2.47. The summed E-state index contributed by atoms with van der Waals surface area (Å²) in [5.74, 6) is 0. The number of carbonyl (C=O) groups excluding carboxylic acids is 1. The highest BCUT2D eigenvalue weighted by Gasteiger charge is 2.33. The second-order valence-corrected chi connectivity index (χ2v) is 4.19. The van der Waals surface area contributed by atoms with Crippen molar-refractivity contribution in [2.24, 2.45) is 5.73 Å². The third-order valence-electron chi connectivity index (χ3n) is 2.83. The van der Waals surface area contributed by atoms with E-state index in [1.807, 2.05) is 0 Å². The summed E-state index contributed by atoms with van der Waals surface area (Å²) in [6.07, 6.45) is -4.09. The molecule has 1 saturated heterocycles. The van der Waals surface area contributed by atoms with Gasteiger partial charge in [0.1, 0.15) is 11.8 Å². The van der Waals surface area contributed by atoms with Crippen LogP contribution < -0.4 is 10.6 Å². The van der Waals surface area contributed by atoms with E-state index in [0.29, 0.717) is 25.2 Å². The van der Waals surface area contributed by atoms with Gasteiger partial charge in [-0.25, -0.2) is 4.79 Å². The van der Waals surface area contributed by atoms with Gasteiger partial charge in [0.25, 0.3) is 0 Å². The van der Waals surface area contributed by atoms with Gasteiger partial charge in [0.15, 0.2) is 0 Å². The van der Waals surface area contributed by atoms with Crippen LogP contribution in [0.15, 0.2) is 18.3 Å². The van der Waals surface area contributed by atoms with Crippen LogP contribution in [0.5, 0.6) is 0 Å². The third kappa shape index (κ3) is 3.27. The Morgan fingerprint density at radius 1 is 1.53 bits per heavy atom. The second kappa shape index (κ2) is 4.94. The van der Waals surface area contributed by atoms with Gasteiger partial charge < -0.3 is 15.4 Å². The van der Waals surface area contributed by atoms with E-state index in [1.165, 1.54) is 6.07 Å². The maximum Gasteiger partial charge on any atom is 0.433 e. The van der Waals surface area contributed by atoms with Gasteiger partial charge in [0, 0.05) is 24.8 Å². The monoisotopic (exact) mass is 275 g/mol. The average Bonchev–Trinajstić information content (AvgIpc) is 2.76. The van der Waals surface area contributed by atoms with E-state index in [0.717, 1.165) is 12.3 Å². The number of nitrogens with two attached hydrogens (primary N) is 1. The van der Waals surface area contributed by atoms with Crippen molar-refractivity contribution in [2.75, 3.05) is 18.0 Å². The zero-order valence-electron chi connectivity index (χ0n) is 9.85. The summed E-state index contributed by atoms with van der Waals surface area (Å²) >= 11 is 0. The number of primary amides is 1. The van der Waals surface area contributed by atoms with Crippen LogP contribution in [-0.4, -0.2) is 30.3 Å². The van der Waals surface area contributed by atoms with Crippen LogP contribution in [0.2, 0.25) is 0 Å². The number of hydrogen-bond donors (Lipinski definition) is 1. The Hall–Kier alpha value is -1.99. The third-order valence-corrected chi connectivity index (χ3v) is 2.83. The van der Waals surface area contributed by atoms with Crippen molar-refractivity contribution in [2.45, 2.75) is 18.7 Å². The molecule has 1 aliphatic heterocycles. The minimum Gasteiger partial charge on any atom is -0.444 e. The number of ether oxygens (including phenoxy) is 1. The van der Waals surface area contributed by atoms with Crippen LogP contribution in [0.3, 0.4) is 0 Å². The lowest BCUT2D eigenvalue weighted by atomic mass is 10.3. The molecule has 0 aliphatic carbocycles. The van der Waals surface area contributed by atoms with Gasteiger partial charge in [-0.05, 0) is 12.1 Å². The fraction of sp³-hybridized carbons (Fsp3) is 0.455. The van der Waals surface area contributed by atoms with E-state index < -0.39 is 18.0 Å². The highest BCUT2D eigenvalue weighted by molar-refractivity contribution is 5.65. The molecule has 0 aromatic carbocycles. The number of halogens is 3. The van der Waals surface area contributed by atoms with Crippen molar-refractivity contribution in [3.8, 4) is 0 Å². The van der Waals surface area contributed by atoms with Crippen LogP contribution in [-0.2, 0) is 10.9 Å². The van der Waals surface area contributed by atoms with Crippen LogP contribution >= 0.6 is 0 Å². The van der Waals surface area contributed by atoms with Crippen molar-refractivity contribution in [1.29, 1.82) is 0 Å². The van der Waals surface area contributed by atoms with E-state index >= 15 is 0 Å². The normalized spacial score (nSPS) is 19.5. The Morgan fingerprint density at radius 2 is 2.26 bits per heavy atom. The number of hydrogen-bond acceptors (Lipinski definition) is 4. The second-order valence-electron chi connectivity index (χ2n) is 4.19. The van der Waals surface area contributed by atoms with E-state index in [9.17, 15) is 18.0 Å². The van der Waals surface area contributed by atoms with E-state index in [-0.39, 0.29) is 6.10 Å². The SMILES string of the molecule is NC(=O)O[C@@H]1CCN(c2ccnc(C(F)(F)F)c2)C1. The summed E-state index contributed by atoms with van der Waals surface area (Å²) in [5.41, 5.74) is 4.36. The molecule has 1 atom stereocenters.